The van der Waals surface area contributed by atoms with E-state index in [1.807, 2.05) is 6.92 Å². The molecule has 1 aliphatic heterocycles. The molecular formula is C8H14BrNO2. The number of carbonyl (C=O) groups excluding carboxylic acids is 1. The largest absolute Gasteiger partial charge is 0.381 e. The van der Waals surface area contributed by atoms with Gasteiger partial charge in [-0.2, -0.15) is 0 Å². The second-order valence-electron chi connectivity index (χ2n) is 3.11. The van der Waals surface area contributed by atoms with E-state index in [-0.39, 0.29) is 11.9 Å². The smallest absolute Gasteiger partial charge is 0.230 e. The summed E-state index contributed by atoms with van der Waals surface area (Å²) in [7, 11) is 0. The average Bonchev–Trinajstić information content (AvgIpc) is 2.56. The molecule has 1 N–H and O–H groups in total. The number of rotatable bonds is 3. The highest BCUT2D eigenvalue weighted by Crippen LogP contribution is 2.16. The van der Waals surface area contributed by atoms with Crippen molar-refractivity contribution in [3.63, 3.8) is 0 Å². The van der Waals surface area contributed by atoms with Crippen LogP contribution >= 0.6 is 15.9 Å². The third kappa shape index (κ3) is 2.75. The highest BCUT2D eigenvalue weighted by Gasteiger charge is 2.22. The molecule has 4 heteroatoms. The molecule has 3 nitrogen and oxygen atoms in total. The highest BCUT2D eigenvalue weighted by molar-refractivity contribution is 9.09. The van der Waals surface area contributed by atoms with Crippen LogP contribution in [0.25, 0.3) is 0 Å². The molecule has 70 valence electrons. The van der Waals surface area contributed by atoms with Crippen LogP contribution in [0.2, 0.25) is 0 Å². The Morgan fingerprint density at radius 3 is 3.08 bits per heavy atom. The molecular weight excluding hydrogens is 222 g/mol. The van der Waals surface area contributed by atoms with Crippen molar-refractivity contribution in [2.24, 2.45) is 5.92 Å². The summed E-state index contributed by atoms with van der Waals surface area (Å²) < 4.78 is 5.23. The van der Waals surface area contributed by atoms with Crippen molar-refractivity contribution < 1.29 is 9.53 Å². The van der Waals surface area contributed by atoms with Crippen LogP contribution in [0.15, 0.2) is 0 Å². The molecule has 0 aromatic heterocycles. The van der Waals surface area contributed by atoms with Crippen molar-refractivity contribution in [2.75, 3.05) is 18.5 Å². The van der Waals surface area contributed by atoms with Crippen molar-refractivity contribution in [1.29, 1.82) is 0 Å². The zero-order valence-electron chi connectivity index (χ0n) is 7.18. The first-order valence-corrected chi connectivity index (χ1v) is 5.29. The Labute approximate surface area is 81.0 Å². The van der Waals surface area contributed by atoms with Crippen LogP contribution in [0.5, 0.6) is 0 Å². The normalized spacial score (nSPS) is 25.3. The van der Waals surface area contributed by atoms with E-state index in [4.69, 9.17) is 4.74 Å². The van der Waals surface area contributed by atoms with Gasteiger partial charge in [0.25, 0.3) is 0 Å². The predicted octanol–water partition coefficient (Wildman–Crippen LogP) is 0.922. The second kappa shape index (κ2) is 4.82. The molecule has 0 spiro atoms. The van der Waals surface area contributed by atoms with Crippen LogP contribution in [-0.2, 0) is 9.53 Å². The molecule has 1 rings (SSSR count). The molecule has 12 heavy (non-hydrogen) atoms. The first-order valence-electron chi connectivity index (χ1n) is 4.17. The highest BCUT2D eigenvalue weighted by atomic mass is 79.9. The van der Waals surface area contributed by atoms with Crippen LogP contribution in [0.3, 0.4) is 0 Å². The molecule has 1 heterocycles. The standard InChI is InChI=1S/C8H14BrNO2/c1-6(10-8(11)4-9)7-2-3-12-5-7/h6-7H,2-5H2,1H3,(H,10,11). The molecule has 0 aromatic carbocycles. The van der Waals surface area contributed by atoms with Gasteiger partial charge in [-0.1, -0.05) is 15.9 Å². The molecule has 2 unspecified atom stereocenters. The average molecular weight is 236 g/mol. The Morgan fingerprint density at radius 2 is 2.58 bits per heavy atom. The molecule has 0 saturated carbocycles. The predicted molar refractivity (Wildman–Crippen MR) is 50.3 cm³/mol. The minimum Gasteiger partial charge on any atom is -0.381 e. The maximum atomic E-state index is 11.0. The second-order valence-corrected chi connectivity index (χ2v) is 3.67. The lowest BCUT2D eigenvalue weighted by Gasteiger charge is -2.18. The number of amides is 1. The Balaban J connectivity index is 2.26. The fourth-order valence-electron chi connectivity index (χ4n) is 1.36. The molecule has 1 fully saturated rings. The molecule has 1 aliphatic rings. The van der Waals surface area contributed by atoms with Gasteiger partial charge in [-0.25, -0.2) is 0 Å². The van der Waals surface area contributed by atoms with Crippen LogP contribution in [-0.4, -0.2) is 30.5 Å². The fourth-order valence-corrected chi connectivity index (χ4v) is 1.52. The third-order valence-electron chi connectivity index (χ3n) is 2.18. The van der Waals surface area contributed by atoms with Gasteiger partial charge in [-0.15, -0.1) is 0 Å². The Bertz CT molecular complexity index is 157. The summed E-state index contributed by atoms with van der Waals surface area (Å²) >= 11 is 3.11. The van der Waals surface area contributed by atoms with Gasteiger partial charge in [0, 0.05) is 18.6 Å². The molecule has 1 amide bonds. The first-order chi connectivity index (χ1) is 5.74. The van der Waals surface area contributed by atoms with Crippen molar-refractivity contribution in [1.82, 2.24) is 5.32 Å². The van der Waals surface area contributed by atoms with Crippen LogP contribution < -0.4 is 5.32 Å². The SMILES string of the molecule is CC(NC(=O)CBr)C1CCOC1. The summed E-state index contributed by atoms with van der Waals surface area (Å²) in [5, 5.41) is 3.29. The minimum atomic E-state index is 0.0504. The van der Waals surface area contributed by atoms with Crippen molar-refractivity contribution in [2.45, 2.75) is 19.4 Å². The Hall–Kier alpha value is -0.0900. The molecule has 2 atom stereocenters. The zero-order chi connectivity index (χ0) is 8.97. The van der Waals surface area contributed by atoms with Gasteiger partial charge in [0.2, 0.25) is 5.91 Å². The van der Waals surface area contributed by atoms with E-state index < -0.39 is 0 Å². The Morgan fingerprint density at radius 1 is 1.83 bits per heavy atom. The number of hydrogen-bond donors (Lipinski definition) is 1. The maximum absolute atomic E-state index is 11.0. The first kappa shape index (κ1) is 9.99. The van der Waals surface area contributed by atoms with Gasteiger partial charge >= 0.3 is 0 Å². The van der Waals surface area contributed by atoms with E-state index in [0.717, 1.165) is 19.6 Å². The van der Waals surface area contributed by atoms with Gasteiger partial charge in [0.1, 0.15) is 0 Å². The van der Waals surface area contributed by atoms with Gasteiger partial charge in [0.05, 0.1) is 11.9 Å². The summed E-state index contributed by atoms with van der Waals surface area (Å²) in [4.78, 5) is 11.0. The number of hydrogen-bond acceptors (Lipinski definition) is 2. The lowest BCUT2D eigenvalue weighted by molar-refractivity contribution is -0.119. The lowest BCUT2D eigenvalue weighted by Crippen LogP contribution is -2.38. The summed E-state index contributed by atoms with van der Waals surface area (Å²) in [6.07, 6.45) is 1.06. The van der Waals surface area contributed by atoms with E-state index in [0.29, 0.717) is 11.2 Å². The number of nitrogens with one attached hydrogen (secondary N) is 1. The number of alkyl halides is 1. The number of ether oxygens (including phenoxy) is 1. The Kier molecular flexibility index (Phi) is 4.01. The summed E-state index contributed by atoms with van der Waals surface area (Å²) in [5.74, 6) is 0.544. The minimum absolute atomic E-state index is 0.0504. The molecule has 0 aliphatic carbocycles. The quantitative estimate of drug-likeness (QED) is 0.740. The van der Waals surface area contributed by atoms with Crippen molar-refractivity contribution in [3.05, 3.63) is 0 Å². The third-order valence-corrected chi connectivity index (χ3v) is 2.69. The van der Waals surface area contributed by atoms with Gasteiger partial charge in [-0.05, 0) is 13.3 Å². The van der Waals surface area contributed by atoms with E-state index in [2.05, 4.69) is 21.2 Å². The van der Waals surface area contributed by atoms with E-state index in [9.17, 15) is 4.79 Å². The maximum Gasteiger partial charge on any atom is 0.230 e. The van der Waals surface area contributed by atoms with Crippen molar-refractivity contribution in [3.8, 4) is 0 Å². The summed E-state index contributed by atoms with van der Waals surface area (Å²) in [6.45, 7) is 3.64. The molecule has 0 radical (unpaired) electrons. The summed E-state index contributed by atoms with van der Waals surface area (Å²) in [5.41, 5.74) is 0. The van der Waals surface area contributed by atoms with Gasteiger partial charge < -0.3 is 10.1 Å². The summed E-state index contributed by atoms with van der Waals surface area (Å²) in [6, 6.07) is 0.234. The topological polar surface area (TPSA) is 38.3 Å². The lowest BCUT2D eigenvalue weighted by atomic mass is 10.0. The zero-order valence-corrected chi connectivity index (χ0v) is 8.76. The number of halogens is 1. The van der Waals surface area contributed by atoms with Gasteiger partial charge in [-0.3, -0.25) is 4.79 Å². The van der Waals surface area contributed by atoms with E-state index in [1.54, 1.807) is 0 Å². The van der Waals surface area contributed by atoms with Crippen LogP contribution in [0, 0.1) is 5.92 Å². The molecule has 1 saturated heterocycles. The monoisotopic (exact) mass is 235 g/mol. The molecule has 0 aromatic rings. The van der Waals surface area contributed by atoms with Gasteiger partial charge in [0.15, 0.2) is 0 Å². The van der Waals surface area contributed by atoms with Crippen molar-refractivity contribution >= 4 is 21.8 Å². The van der Waals surface area contributed by atoms with E-state index >= 15 is 0 Å². The molecule has 0 bridgehead atoms. The fraction of sp³-hybridized carbons (Fsp3) is 0.875. The van der Waals surface area contributed by atoms with Crippen LogP contribution in [0.4, 0.5) is 0 Å². The van der Waals surface area contributed by atoms with Crippen LogP contribution in [0.1, 0.15) is 13.3 Å². The number of carbonyl (C=O) groups is 1. The van der Waals surface area contributed by atoms with E-state index in [1.165, 1.54) is 0 Å².